The highest BCUT2D eigenvalue weighted by molar-refractivity contribution is 6.35. The molecule has 1 fully saturated rings. The topological polar surface area (TPSA) is 58.6 Å². The third-order valence-corrected chi connectivity index (χ3v) is 5.00. The lowest BCUT2D eigenvalue weighted by molar-refractivity contribution is -0.133. The van der Waals surface area contributed by atoms with Gasteiger partial charge in [0, 0.05) is 28.8 Å². The van der Waals surface area contributed by atoms with E-state index in [1.807, 2.05) is 4.90 Å². The smallest absolute Gasteiger partial charge is 0.260 e. The van der Waals surface area contributed by atoms with Crippen molar-refractivity contribution in [1.29, 1.82) is 0 Å². The Morgan fingerprint density at radius 3 is 2.29 bits per heavy atom. The van der Waals surface area contributed by atoms with Crippen molar-refractivity contribution in [1.82, 2.24) is 4.90 Å². The van der Waals surface area contributed by atoms with E-state index in [0.29, 0.717) is 27.0 Å². The van der Waals surface area contributed by atoms with Crippen LogP contribution in [-0.2, 0) is 4.79 Å². The van der Waals surface area contributed by atoms with Gasteiger partial charge in [0.05, 0.1) is 5.56 Å². The number of rotatable bonds is 5. The van der Waals surface area contributed by atoms with Crippen molar-refractivity contribution < 1.29 is 14.3 Å². The number of para-hydroxylation sites is 1. The van der Waals surface area contributed by atoms with Crippen LogP contribution in [-0.4, -0.2) is 36.4 Å². The molecule has 2 aromatic carbocycles. The van der Waals surface area contributed by atoms with Crippen LogP contribution < -0.4 is 10.1 Å². The minimum absolute atomic E-state index is 0.0567. The van der Waals surface area contributed by atoms with Crippen molar-refractivity contribution in [3.8, 4) is 5.75 Å². The molecule has 0 aliphatic carbocycles. The quantitative estimate of drug-likeness (QED) is 0.737. The summed E-state index contributed by atoms with van der Waals surface area (Å²) in [5.74, 6) is -0.0637. The Kier molecular flexibility index (Phi) is 7.18. The molecule has 0 spiro atoms. The zero-order chi connectivity index (χ0) is 19.9. The first-order valence-corrected chi connectivity index (χ1v) is 10.1. The number of likely N-dealkylation sites (tertiary alicyclic amines) is 1. The lowest BCUT2D eigenvalue weighted by atomic mass is 10.2. The fourth-order valence-corrected chi connectivity index (χ4v) is 3.68. The summed E-state index contributed by atoms with van der Waals surface area (Å²) < 4.78 is 5.70. The van der Waals surface area contributed by atoms with Gasteiger partial charge in [-0.1, -0.05) is 48.2 Å². The second-order valence-electron chi connectivity index (χ2n) is 6.69. The fraction of sp³-hybridized carbons (Fsp3) is 0.333. The van der Waals surface area contributed by atoms with Gasteiger partial charge in [-0.2, -0.15) is 0 Å². The van der Waals surface area contributed by atoms with E-state index in [2.05, 4.69) is 5.32 Å². The summed E-state index contributed by atoms with van der Waals surface area (Å²) in [6.45, 7) is 1.44. The molecule has 1 N–H and O–H groups in total. The number of hydrogen-bond acceptors (Lipinski definition) is 3. The molecular weight excluding hydrogens is 399 g/mol. The minimum atomic E-state index is -0.365. The molecule has 1 aliphatic heterocycles. The van der Waals surface area contributed by atoms with Crippen LogP contribution in [0.25, 0.3) is 0 Å². The zero-order valence-electron chi connectivity index (χ0n) is 15.4. The van der Waals surface area contributed by atoms with Crippen LogP contribution in [0.3, 0.4) is 0 Å². The van der Waals surface area contributed by atoms with E-state index in [1.54, 1.807) is 42.5 Å². The maximum absolute atomic E-state index is 12.7. The number of carbonyl (C=O) groups is 2. The van der Waals surface area contributed by atoms with Crippen molar-refractivity contribution in [2.24, 2.45) is 0 Å². The van der Waals surface area contributed by atoms with E-state index in [0.717, 1.165) is 38.8 Å². The number of nitrogens with one attached hydrogen (secondary N) is 1. The third-order valence-electron chi connectivity index (χ3n) is 4.56. The van der Waals surface area contributed by atoms with Crippen molar-refractivity contribution in [3.63, 3.8) is 0 Å². The molecule has 0 aromatic heterocycles. The molecule has 1 aliphatic rings. The number of anilines is 1. The lowest BCUT2D eigenvalue weighted by Crippen LogP contribution is -2.35. The monoisotopic (exact) mass is 420 g/mol. The lowest BCUT2D eigenvalue weighted by Gasteiger charge is -2.20. The van der Waals surface area contributed by atoms with Gasteiger partial charge in [-0.25, -0.2) is 0 Å². The van der Waals surface area contributed by atoms with Crippen molar-refractivity contribution >= 4 is 40.7 Å². The molecule has 0 unspecified atom stereocenters. The van der Waals surface area contributed by atoms with Crippen LogP contribution in [0.2, 0.25) is 10.0 Å². The van der Waals surface area contributed by atoms with E-state index in [1.165, 1.54) is 0 Å². The Balaban J connectivity index is 1.66. The van der Waals surface area contributed by atoms with E-state index in [4.69, 9.17) is 27.9 Å². The standard InChI is InChI=1S/C21H22Cl2N2O3/c22-15-11-16(23)13-17(12-15)24-21(27)18-7-3-4-8-19(18)28-14-20(26)25-9-5-1-2-6-10-25/h3-4,7-8,11-13H,1-2,5-6,9-10,14H2,(H,24,27). The molecule has 5 nitrogen and oxygen atoms in total. The van der Waals surface area contributed by atoms with Gasteiger partial charge in [0.2, 0.25) is 0 Å². The number of benzene rings is 2. The van der Waals surface area contributed by atoms with Crippen LogP contribution in [0.5, 0.6) is 5.75 Å². The summed E-state index contributed by atoms with van der Waals surface area (Å²) in [5, 5.41) is 3.61. The molecule has 0 atom stereocenters. The highest BCUT2D eigenvalue weighted by atomic mass is 35.5. The van der Waals surface area contributed by atoms with Crippen LogP contribution in [0.1, 0.15) is 36.0 Å². The predicted octanol–water partition coefficient (Wildman–Crippen LogP) is 5.03. The predicted molar refractivity (Wildman–Crippen MR) is 111 cm³/mol. The largest absolute Gasteiger partial charge is 0.483 e. The van der Waals surface area contributed by atoms with E-state index in [-0.39, 0.29) is 18.4 Å². The summed E-state index contributed by atoms with van der Waals surface area (Å²) in [5.41, 5.74) is 0.820. The molecule has 3 rings (SSSR count). The molecule has 2 amide bonds. The molecule has 2 aromatic rings. The average molecular weight is 421 g/mol. The Hall–Kier alpha value is -2.24. The van der Waals surface area contributed by atoms with Crippen LogP contribution >= 0.6 is 23.2 Å². The van der Waals surface area contributed by atoms with Crippen LogP contribution in [0.4, 0.5) is 5.69 Å². The van der Waals surface area contributed by atoms with Crippen LogP contribution in [0.15, 0.2) is 42.5 Å². The molecule has 0 radical (unpaired) electrons. The first-order valence-electron chi connectivity index (χ1n) is 9.30. The van der Waals surface area contributed by atoms with Crippen molar-refractivity contribution in [2.75, 3.05) is 25.0 Å². The average Bonchev–Trinajstić information content (AvgIpc) is 2.95. The summed E-state index contributed by atoms with van der Waals surface area (Å²) in [6.07, 6.45) is 4.35. The first kappa shape index (κ1) is 20.5. The Morgan fingerprint density at radius 1 is 0.964 bits per heavy atom. The van der Waals surface area contributed by atoms with Gasteiger partial charge in [0.25, 0.3) is 11.8 Å². The molecule has 1 saturated heterocycles. The summed E-state index contributed by atoms with van der Waals surface area (Å²) in [4.78, 5) is 27.0. The fourth-order valence-electron chi connectivity index (χ4n) is 3.16. The van der Waals surface area contributed by atoms with Crippen molar-refractivity contribution in [3.05, 3.63) is 58.1 Å². The number of amides is 2. The van der Waals surface area contributed by atoms with E-state index < -0.39 is 0 Å². The van der Waals surface area contributed by atoms with Gasteiger partial charge in [-0.15, -0.1) is 0 Å². The summed E-state index contributed by atoms with van der Waals surface area (Å²) in [7, 11) is 0. The maximum atomic E-state index is 12.7. The van der Waals surface area contributed by atoms with Crippen LogP contribution in [0, 0.1) is 0 Å². The molecule has 148 valence electrons. The van der Waals surface area contributed by atoms with Gasteiger partial charge in [-0.3, -0.25) is 9.59 Å². The number of carbonyl (C=O) groups excluding carboxylic acids is 2. The Labute approximate surface area is 174 Å². The van der Waals surface area contributed by atoms with E-state index in [9.17, 15) is 9.59 Å². The Morgan fingerprint density at radius 2 is 1.61 bits per heavy atom. The van der Waals surface area contributed by atoms with Gasteiger partial charge in [0.15, 0.2) is 6.61 Å². The maximum Gasteiger partial charge on any atom is 0.260 e. The van der Waals surface area contributed by atoms with Gasteiger partial charge in [0.1, 0.15) is 5.75 Å². The molecule has 7 heteroatoms. The number of hydrogen-bond donors (Lipinski definition) is 1. The first-order chi connectivity index (χ1) is 13.5. The second-order valence-corrected chi connectivity index (χ2v) is 7.56. The number of ether oxygens (including phenoxy) is 1. The number of nitrogens with zero attached hydrogens (tertiary/aromatic N) is 1. The third kappa shape index (κ3) is 5.63. The highest BCUT2D eigenvalue weighted by Gasteiger charge is 2.18. The highest BCUT2D eigenvalue weighted by Crippen LogP contribution is 2.25. The summed E-state index contributed by atoms with van der Waals surface area (Å²) in [6, 6.07) is 11.6. The van der Waals surface area contributed by atoms with Crippen molar-refractivity contribution in [2.45, 2.75) is 25.7 Å². The van der Waals surface area contributed by atoms with E-state index >= 15 is 0 Å². The minimum Gasteiger partial charge on any atom is -0.483 e. The Bertz CT molecular complexity index is 829. The van der Waals surface area contributed by atoms with Gasteiger partial charge in [-0.05, 0) is 43.2 Å². The summed E-state index contributed by atoms with van der Waals surface area (Å²) >= 11 is 12.0. The zero-order valence-corrected chi connectivity index (χ0v) is 16.9. The molecule has 0 bridgehead atoms. The molecule has 28 heavy (non-hydrogen) atoms. The second kappa shape index (κ2) is 9.80. The molecular formula is C21H22Cl2N2O3. The molecule has 1 heterocycles. The SMILES string of the molecule is O=C(Nc1cc(Cl)cc(Cl)c1)c1ccccc1OCC(=O)N1CCCCCC1. The number of halogens is 2. The molecule has 0 saturated carbocycles. The normalized spacial score (nSPS) is 14.3. The van der Waals surface area contributed by atoms with Gasteiger partial charge >= 0.3 is 0 Å². The van der Waals surface area contributed by atoms with Gasteiger partial charge < -0.3 is 15.0 Å².